The first-order valence-electron chi connectivity index (χ1n) is 6.91. The Hall–Kier alpha value is -1.26. The van der Waals surface area contributed by atoms with Gasteiger partial charge < -0.3 is 19.9 Å². The number of hydrogen-bond donors (Lipinski definition) is 2. The van der Waals surface area contributed by atoms with Crippen molar-refractivity contribution in [2.45, 2.75) is 38.8 Å². The number of aliphatic hydroxyl groups is 1. The van der Waals surface area contributed by atoms with Gasteiger partial charge in [-0.1, -0.05) is 6.92 Å². The zero-order valence-corrected chi connectivity index (χ0v) is 11.9. The van der Waals surface area contributed by atoms with Crippen molar-refractivity contribution in [1.82, 2.24) is 5.32 Å². The lowest BCUT2D eigenvalue weighted by molar-refractivity contribution is 0.239. The van der Waals surface area contributed by atoms with Crippen molar-refractivity contribution in [3.05, 3.63) is 23.3 Å². The number of fused-ring (bicyclic) bond motifs is 1. The minimum atomic E-state index is -0.111. The van der Waals surface area contributed by atoms with Crippen molar-refractivity contribution < 1.29 is 14.6 Å². The first-order valence-corrected chi connectivity index (χ1v) is 6.91. The highest BCUT2D eigenvalue weighted by molar-refractivity contribution is 5.50. The number of ether oxygens (including phenoxy) is 2. The number of methoxy groups -OCH3 is 1. The van der Waals surface area contributed by atoms with Gasteiger partial charge in [0.1, 0.15) is 17.6 Å². The summed E-state index contributed by atoms with van der Waals surface area (Å²) in [5, 5.41) is 12.9. The molecular formula is C15H23NO3. The molecule has 0 saturated heterocycles. The molecule has 0 radical (unpaired) electrons. The monoisotopic (exact) mass is 265 g/mol. The fraction of sp³-hybridized carbons (Fsp3) is 0.600. The molecule has 106 valence electrons. The standard InChI is InChI=1S/C15H23NO3/c1-4-5-16-13(9-17)12-8-14-11(6-10(2)19-14)7-15(12)18-3/h7-8,10,13,16-17H,4-6,9H2,1-3H3. The van der Waals surface area contributed by atoms with Crippen LogP contribution >= 0.6 is 0 Å². The SMILES string of the molecule is CCCNC(CO)c1cc2c(cc1OC)CC(C)O2. The summed E-state index contributed by atoms with van der Waals surface area (Å²) < 4.78 is 11.2. The molecule has 19 heavy (non-hydrogen) atoms. The molecule has 0 aromatic heterocycles. The van der Waals surface area contributed by atoms with E-state index in [-0.39, 0.29) is 18.8 Å². The minimum absolute atomic E-state index is 0.0463. The number of benzene rings is 1. The van der Waals surface area contributed by atoms with E-state index in [1.165, 1.54) is 5.56 Å². The number of aliphatic hydroxyl groups excluding tert-OH is 1. The molecular weight excluding hydrogens is 242 g/mol. The van der Waals surface area contributed by atoms with Gasteiger partial charge >= 0.3 is 0 Å². The Labute approximate surface area is 114 Å². The first kappa shape index (κ1) is 14.2. The second-order valence-corrected chi connectivity index (χ2v) is 5.02. The van der Waals surface area contributed by atoms with Crippen molar-refractivity contribution in [2.75, 3.05) is 20.3 Å². The highest BCUT2D eigenvalue weighted by Crippen LogP contribution is 2.37. The molecule has 0 bridgehead atoms. The minimum Gasteiger partial charge on any atom is -0.496 e. The molecule has 0 fully saturated rings. The second kappa shape index (κ2) is 6.26. The maximum Gasteiger partial charge on any atom is 0.124 e. The van der Waals surface area contributed by atoms with Crippen LogP contribution in [0.3, 0.4) is 0 Å². The van der Waals surface area contributed by atoms with Crippen LogP contribution in [0.1, 0.15) is 37.4 Å². The average molecular weight is 265 g/mol. The molecule has 4 nitrogen and oxygen atoms in total. The molecule has 2 atom stereocenters. The summed E-state index contributed by atoms with van der Waals surface area (Å²) in [5.74, 6) is 1.74. The third-order valence-corrected chi connectivity index (χ3v) is 3.45. The summed E-state index contributed by atoms with van der Waals surface area (Å²) in [6.45, 7) is 5.07. The normalized spacial score (nSPS) is 18.8. The topological polar surface area (TPSA) is 50.7 Å². The predicted molar refractivity (Wildman–Crippen MR) is 74.9 cm³/mol. The van der Waals surface area contributed by atoms with Gasteiger partial charge in [-0.05, 0) is 32.0 Å². The largest absolute Gasteiger partial charge is 0.496 e. The van der Waals surface area contributed by atoms with Gasteiger partial charge in [-0.25, -0.2) is 0 Å². The molecule has 0 aliphatic carbocycles. The Kier molecular flexibility index (Phi) is 4.66. The fourth-order valence-corrected chi connectivity index (χ4v) is 2.50. The molecule has 2 rings (SSSR count). The van der Waals surface area contributed by atoms with Crippen LogP contribution in [-0.2, 0) is 6.42 Å². The predicted octanol–water partition coefficient (Wildman–Crippen LogP) is 2.05. The van der Waals surface area contributed by atoms with E-state index in [4.69, 9.17) is 9.47 Å². The number of nitrogens with one attached hydrogen (secondary N) is 1. The molecule has 1 aromatic rings. The van der Waals surface area contributed by atoms with Gasteiger partial charge in [0.2, 0.25) is 0 Å². The highest BCUT2D eigenvalue weighted by atomic mass is 16.5. The maximum absolute atomic E-state index is 9.57. The smallest absolute Gasteiger partial charge is 0.124 e. The zero-order chi connectivity index (χ0) is 13.8. The highest BCUT2D eigenvalue weighted by Gasteiger charge is 2.24. The summed E-state index contributed by atoms with van der Waals surface area (Å²) >= 11 is 0. The van der Waals surface area contributed by atoms with Crippen LogP contribution in [0.4, 0.5) is 0 Å². The summed E-state index contributed by atoms with van der Waals surface area (Å²) in [6, 6.07) is 3.92. The Morgan fingerprint density at radius 3 is 2.95 bits per heavy atom. The van der Waals surface area contributed by atoms with Gasteiger partial charge in [0.25, 0.3) is 0 Å². The van der Waals surface area contributed by atoms with Crippen LogP contribution < -0.4 is 14.8 Å². The van der Waals surface area contributed by atoms with Gasteiger partial charge in [-0.2, -0.15) is 0 Å². The van der Waals surface area contributed by atoms with Crippen LogP contribution in [0, 0.1) is 0 Å². The van der Waals surface area contributed by atoms with Crippen molar-refractivity contribution in [1.29, 1.82) is 0 Å². The average Bonchev–Trinajstić information content (AvgIpc) is 2.77. The van der Waals surface area contributed by atoms with Crippen LogP contribution in [0.5, 0.6) is 11.5 Å². The van der Waals surface area contributed by atoms with Crippen LogP contribution in [0.15, 0.2) is 12.1 Å². The van der Waals surface area contributed by atoms with E-state index in [9.17, 15) is 5.11 Å². The molecule has 1 heterocycles. The molecule has 2 N–H and O–H groups in total. The number of hydrogen-bond acceptors (Lipinski definition) is 4. The third-order valence-electron chi connectivity index (χ3n) is 3.45. The van der Waals surface area contributed by atoms with E-state index >= 15 is 0 Å². The lowest BCUT2D eigenvalue weighted by Gasteiger charge is -2.20. The van der Waals surface area contributed by atoms with Gasteiger partial charge in [0.15, 0.2) is 0 Å². The van der Waals surface area contributed by atoms with E-state index in [1.807, 2.05) is 12.1 Å². The molecule has 2 unspecified atom stereocenters. The third kappa shape index (κ3) is 3.01. The Morgan fingerprint density at radius 2 is 2.32 bits per heavy atom. The van der Waals surface area contributed by atoms with Gasteiger partial charge in [0, 0.05) is 17.5 Å². The van der Waals surface area contributed by atoms with E-state index < -0.39 is 0 Å². The van der Waals surface area contributed by atoms with Crippen LogP contribution in [0.25, 0.3) is 0 Å². The lowest BCUT2D eigenvalue weighted by Crippen LogP contribution is -2.25. The molecule has 1 aromatic carbocycles. The molecule has 0 amide bonds. The zero-order valence-electron chi connectivity index (χ0n) is 11.9. The first-order chi connectivity index (χ1) is 9.19. The van der Waals surface area contributed by atoms with Gasteiger partial charge in [-0.15, -0.1) is 0 Å². The summed E-state index contributed by atoms with van der Waals surface area (Å²) in [4.78, 5) is 0. The van der Waals surface area contributed by atoms with E-state index in [0.717, 1.165) is 36.4 Å². The van der Waals surface area contributed by atoms with Crippen molar-refractivity contribution >= 4 is 0 Å². The Bertz CT molecular complexity index is 434. The second-order valence-electron chi connectivity index (χ2n) is 5.02. The van der Waals surface area contributed by atoms with Crippen LogP contribution in [0.2, 0.25) is 0 Å². The van der Waals surface area contributed by atoms with E-state index in [2.05, 4.69) is 19.2 Å². The van der Waals surface area contributed by atoms with Crippen molar-refractivity contribution in [2.24, 2.45) is 0 Å². The van der Waals surface area contributed by atoms with Gasteiger partial charge in [-0.3, -0.25) is 0 Å². The molecule has 0 saturated carbocycles. The maximum atomic E-state index is 9.57. The molecule has 4 heteroatoms. The quantitative estimate of drug-likeness (QED) is 0.826. The summed E-state index contributed by atoms with van der Waals surface area (Å²) in [6.07, 6.45) is 2.15. The van der Waals surface area contributed by atoms with Crippen molar-refractivity contribution in [3.63, 3.8) is 0 Å². The van der Waals surface area contributed by atoms with Gasteiger partial charge in [0.05, 0.1) is 19.8 Å². The molecule has 1 aliphatic rings. The molecule has 1 aliphatic heterocycles. The Balaban J connectivity index is 2.30. The summed E-state index contributed by atoms with van der Waals surface area (Å²) in [7, 11) is 1.67. The van der Waals surface area contributed by atoms with Crippen molar-refractivity contribution in [3.8, 4) is 11.5 Å². The summed E-state index contributed by atoms with van der Waals surface area (Å²) in [5.41, 5.74) is 2.14. The fourth-order valence-electron chi connectivity index (χ4n) is 2.50. The lowest BCUT2D eigenvalue weighted by atomic mass is 10.0. The van der Waals surface area contributed by atoms with E-state index in [0.29, 0.717) is 0 Å². The van der Waals surface area contributed by atoms with E-state index in [1.54, 1.807) is 7.11 Å². The number of rotatable bonds is 6. The molecule has 0 spiro atoms. The Morgan fingerprint density at radius 1 is 1.53 bits per heavy atom. The van der Waals surface area contributed by atoms with Crippen LogP contribution in [-0.4, -0.2) is 31.5 Å².